The van der Waals surface area contributed by atoms with E-state index >= 15 is 0 Å². The van der Waals surface area contributed by atoms with Crippen molar-refractivity contribution in [3.63, 3.8) is 0 Å². The van der Waals surface area contributed by atoms with Crippen molar-refractivity contribution >= 4 is 16.8 Å². The summed E-state index contributed by atoms with van der Waals surface area (Å²) >= 11 is 0. The number of amides is 1. The number of aromatic nitrogens is 1. The van der Waals surface area contributed by atoms with Crippen LogP contribution in [0.3, 0.4) is 0 Å². The molecule has 0 saturated carbocycles. The van der Waals surface area contributed by atoms with Crippen LogP contribution in [0.25, 0.3) is 10.9 Å². The van der Waals surface area contributed by atoms with E-state index in [2.05, 4.69) is 45.1 Å². The minimum absolute atomic E-state index is 0.0690. The van der Waals surface area contributed by atoms with Gasteiger partial charge in [0.1, 0.15) is 5.75 Å². The van der Waals surface area contributed by atoms with Crippen LogP contribution in [0.1, 0.15) is 18.0 Å². The summed E-state index contributed by atoms with van der Waals surface area (Å²) in [5, 5.41) is 4.35. The maximum Gasteiger partial charge on any atom is 0.221 e. The van der Waals surface area contributed by atoms with Crippen molar-refractivity contribution in [3.8, 4) is 5.75 Å². The predicted molar refractivity (Wildman–Crippen MR) is 118 cm³/mol. The van der Waals surface area contributed by atoms with Crippen molar-refractivity contribution in [2.24, 2.45) is 0 Å². The number of nitrogens with one attached hydrogen (secondary N) is 1. The van der Waals surface area contributed by atoms with Crippen LogP contribution in [0.15, 0.2) is 60.8 Å². The van der Waals surface area contributed by atoms with Crippen molar-refractivity contribution in [2.45, 2.75) is 19.0 Å². The minimum Gasteiger partial charge on any atom is -0.497 e. The Morgan fingerprint density at radius 3 is 2.63 bits per heavy atom. The first-order valence-corrected chi connectivity index (χ1v) is 10.5. The number of benzene rings is 2. The van der Waals surface area contributed by atoms with Crippen molar-refractivity contribution in [1.29, 1.82) is 0 Å². The van der Waals surface area contributed by atoms with Gasteiger partial charge in [-0.15, -0.1) is 0 Å². The van der Waals surface area contributed by atoms with E-state index in [1.807, 2.05) is 30.5 Å². The Morgan fingerprint density at radius 2 is 1.87 bits per heavy atom. The Bertz CT molecular complexity index is 961. The quantitative estimate of drug-likeness (QED) is 0.623. The second-order valence-corrected chi connectivity index (χ2v) is 7.56. The Labute approximate surface area is 177 Å². The fraction of sp³-hybridized carbons (Fsp3) is 0.375. The number of methoxy groups -OCH3 is 1. The molecule has 1 fully saturated rings. The number of nitrogens with zero attached hydrogens (tertiary/aromatic N) is 2. The lowest BCUT2D eigenvalue weighted by Gasteiger charge is -2.35. The molecule has 3 aromatic rings. The van der Waals surface area contributed by atoms with Gasteiger partial charge in [-0.05, 0) is 35.2 Å². The molecule has 1 unspecified atom stereocenters. The first kappa shape index (κ1) is 20.4. The summed E-state index contributed by atoms with van der Waals surface area (Å²) in [5.74, 6) is 0.905. The summed E-state index contributed by atoms with van der Waals surface area (Å²) in [7, 11) is 1.67. The lowest BCUT2D eigenvalue weighted by molar-refractivity contribution is -0.121. The number of carbonyl (C=O) groups excluding carboxylic acids is 1. The van der Waals surface area contributed by atoms with Gasteiger partial charge < -0.3 is 19.4 Å². The van der Waals surface area contributed by atoms with Gasteiger partial charge in [-0.2, -0.15) is 0 Å². The van der Waals surface area contributed by atoms with Gasteiger partial charge in [0.05, 0.1) is 26.4 Å². The van der Waals surface area contributed by atoms with Crippen LogP contribution in [0.5, 0.6) is 5.75 Å². The highest BCUT2D eigenvalue weighted by Crippen LogP contribution is 2.24. The summed E-state index contributed by atoms with van der Waals surface area (Å²) in [6.07, 6.45) is 2.50. The number of aryl methyl sites for hydroxylation is 1. The number of ether oxygens (including phenoxy) is 2. The van der Waals surface area contributed by atoms with Crippen molar-refractivity contribution in [1.82, 2.24) is 14.8 Å². The molecule has 1 aromatic heterocycles. The zero-order valence-electron chi connectivity index (χ0n) is 17.4. The van der Waals surface area contributed by atoms with Gasteiger partial charge in [0.15, 0.2) is 0 Å². The zero-order valence-corrected chi connectivity index (χ0v) is 17.4. The van der Waals surface area contributed by atoms with E-state index in [4.69, 9.17) is 9.47 Å². The molecule has 1 aliphatic rings. The van der Waals surface area contributed by atoms with Crippen LogP contribution in [0.2, 0.25) is 0 Å². The largest absolute Gasteiger partial charge is 0.497 e. The second-order valence-electron chi connectivity index (χ2n) is 7.56. The van der Waals surface area contributed by atoms with Gasteiger partial charge in [-0.1, -0.05) is 30.3 Å². The molecule has 4 rings (SSSR count). The summed E-state index contributed by atoms with van der Waals surface area (Å²) in [4.78, 5) is 15.0. The normalized spacial score (nSPS) is 15.8. The topological polar surface area (TPSA) is 55.7 Å². The van der Waals surface area contributed by atoms with E-state index in [0.29, 0.717) is 19.5 Å². The zero-order chi connectivity index (χ0) is 20.8. The monoisotopic (exact) mass is 407 g/mol. The van der Waals surface area contributed by atoms with E-state index in [1.54, 1.807) is 7.11 Å². The van der Waals surface area contributed by atoms with E-state index in [-0.39, 0.29) is 11.9 Å². The maximum atomic E-state index is 12.6. The molecule has 6 heteroatoms. The summed E-state index contributed by atoms with van der Waals surface area (Å²) in [6.45, 7) is 4.42. The first-order chi connectivity index (χ1) is 14.7. The number of carbonyl (C=O) groups is 1. The smallest absolute Gasteiger partial charge is 0.221 e. The van der Waals surface area contributed by atoms with Gasteiger partial charge in [0.25, 0.3) is 0 Å². The molecule has 1 amide bonds. The van der Waals surface area contributed by atoms with Crippen LogP contribution in [-0.4, -0.2) is 55.3 Å². The first-order valence-electron chi connectivity index (χ1n) is 10.5. The third kappa shape index (κ3) is 4.83. The number of para-hydroxylation sites is 1. The number of rotatable bonds is 8. The lowest BCUT2D eigenvalue weighted by Crippen LogP contribution is -2.43. The highest BCUT2D eigenvalue weighted by atomic mass is 16.5. The van der Waals surface area contributed by atoms with Crippen molar-refractivity contribution in [3.05, 3.63) is 66.4 Å². The Balaban J connectivity index is 1.37. The number of hydrogen-bond donors (Lipinski definition) is 1. The van der Waals surface area contributed by atoms with Gasteiger partial charge >= 0.3 is 0 Å². The Morgan fingerprint density at radius 1 is 1.10 bits per heavy atom. The third-order valence-electron chi connectivity index (χ3n) is 5.74. The number of fused-ring (bicyclic) bond motifs is 1. The summed E-state index contributed by atoms with van der Waals surface area (Å²) in [6, 6.07) is 18.6. The van der Waals surface area contributed by atoms with Gasteiger partial charge in [0.2, 0.25) is 5.91 Å². The molecule has 30 heavy (non-hydrogen) atoms. The molecule has 0 bridgehead atoms. The van der Waals surface area contributed by atoms with Gasteiger partial charge in [0, 0.05) is 44.3 Å². The molecule has 1 aliphatic heterocycles. The average Bonchev–Trinajstić information content (AvgIpc) is 3.22. The molecule has 1 atom stereocenters. The van der Waals surface area contributed by atoms with Crippen LogP contribution >= 0.6 is 0 Å². The molecule has 6 nitrogen and oxygen atoms in total. The van der Waals surface area contributed by atoms with Crippen molar-refractivity contribution < 1.29 is 14.3 Å². The van der Waals surface area contributed by atoms with E-state index in [9.17, 15) is 4.79 Å². The number of morpholine rings is 1. The summed E-state index contributed by atoms with van der Waals surface area (Å²) < 4.78 is 12.9. The van der Waals surface area contributed by atoms with E-state index in [0.717, 1.165) is 37.6 Å². The fourth-order valence-electron chi connectivity index (χ4n) is 4.03. The van der Waals surface area contributed by atoms with Gasteiger partial charge in [-0.25, -0.2) is 0 Å². The molecule has 0 spiro atoms. The standard InChI is InChI=1S/C24H29N3O3/c1-29-21-8-6-20(7-9-21)23(27-14-16-30-17-15-27)18-25-24(28)11-13-26-12-10-19-4-2-3-5-22(19)26/h2-10,12,23H,11,13-18H2,1H3,(H,25,28). The molecule has 1 saturated heterocycles. The molecule has 1 N–H and O–H groups in total. The average molecular weight is 408 g/mol. The van der Waals surface area contributed by atoms with E-state index < -0.39 is 0 Å². The minimum atomic E-state index is 0.0690. The Hall–Kier alpha value is -2.83. The highest BCUT2D eigenvalue weighted by Gasteiger charge is 2.23. The molecule has 2 aromatic carbocycles. The fourth-order valence-corrected chi connectivity index (χ4v) is 4.03. The molecular formula is C24H29N3O3. The molecule has 2 heterocycles. The van der Waals surface area contributed by atoms with Crippen molar-refractivity contribution in [2.75, 3.05) is 40.0 Å². The van der Waals surface area contributed by atoms with Crippen LogP contribution in [0.4, 0.5) is 0 Å². The number of hydrogen-bond acceptors (Lipinski definition) is 4. The highest BCUT2D eigenvalue weighted by molar-refractivity contribution is 5.80. The molecular weight excluding hydrogens is 378 g/mol. The third-order valence-corrected chi connectivity index (χ3v) is 5.74. The van der Waals surface area contributed by atoms with Gasteiger partial charge in [-0.3, -0.25) is 9.69 Å². The van der Waals surface area contributed by atoms with Crippen LogP contribution in [0, 0.1) is 0 Å². The maximum absolute atomic E-state index is 12.6. The molecule has 0 aliphatic carbocycles. The molecule has 158 valence electrons. The Kier molecular flexibility index (Phi) is 6.67. The molecule has 0 radical (unpaired) electrons. The van der Waals surface area contributed by atoms with Crippen LogP contribution in [-0.2, 0) is 16.1 Å². The lowest BCUT2D eigenvalue weighted by atomic mass is 10.0. The SMILES string of the molecule is COc1ccc(C(CNC(=O)CCn2ccc3ccccc32)N2CCOCC2)cc1. The predicted octanol–water partition coefficient (Wildman–Crippen LogP) is 3.23. The van der Waals surface area contributed by atoms with Crippen LogP contribution < -0.4 is 10.1 Å². The summed E-state index contributed by atoms with van der Waals surface area (Å²) in [5.41, 5.74) is 2.34. The van der Waals surface area contributed by atoms with E-state index in [1.165, 1.54) is 10.9 Å². The second kappa shape index (κ2) is 9.78.